The molecular formula is C25H26IN7O3S2. The quantitative estimate of drug-likeness (QED) is 0.105. The summed E-state index contributed by atoms with van der Waals surface area (Å²) in [6, 6.07) is 21.6. The molecule has 0 unspecified atom stereocenters. The number of thiocarbonyl (C=S) groups is 1. The maximum absolute atomic E-state index is 11.4. The number of nitrogens with zero attached hydrogens (tertiary/aromatic N) is 3. The third-order valence-corrected chi connectivity index (χ3v) is 7.11. The van der Waals surface area contributed by atoms with Crippen molar-refractivity contribution in [3.63, 3.8) is 0 Å². The molecule has 3 aromatic carbocycles. The lowest BCUT2D eigenvalue weighted by Crippen LogP contribution is -2.19. The fourth-order valence-corrected chi connectivity index (χ4v) is 4.47. The summed E-state index contributed by atoms with van der Waals surface area (Å²) in [4.78, 5) is 0.0366. The highest BCUT2D eigenvalue weighted by atomic mass is 127. The summed E-state index contributed by atoms with van der Waals surface area (Å²) in [7, 11) is -3.73. The summed E-state index contributed by atoms with van der Waals surface area (Å²) in [5.41, 5.74) is 3.34. The van der Waals surface area contributed by atoms with Crippen molar-refractivity contribution in [3.8, 4) is 5.75 Å². The molecule has 198 valence electrons. The van der Waals surface area contributed by atoms with Gasteiger partial charge in [-0.25, -0.2) is 13.6 Å². The van der Waals surface area contributed by atoms with Crippen LogP contribution in [0.25, 0.3) is 0 Å². The van der Waals surface area contributed by atoms with Crippen molar-refractivity contribution in [2.45, 2.75) is 24.4 Å². The molecule has 0 spiro atoms. The Kier molecular flexibility index (Phi) is 9.49. The second-order valence-electron chi connectivity index (χ2n) is 8.21. The first-order chi connectivity index (χ1) is 18.2. The lowest BCUT2D eigenvalue weighted by Gasteiger charge is -2.12. The molecule has 4 rings (SSSR count). The Balaban J connectivity index is 1.15. The largest absolute Gasteiger partial charge is 0.494 e. The molecule has 13 heteroatoms. The summed E-state index contributed by atoms with van der Waals surface area (Å²) in [6.07, 6.45) is 2.72. The number of rotatable bonds is 11. The maximum Gasteiger partial charge on any atom is 0.238 e. The third kappa shape index (κ3) is 8.65. The lowest BCUT2D eigenvalue weighted by atomic mass is 10.3. The minimum absolute atomic E-state index is 0.0366. The molecule has 0 atom stereocenters. The second kappa shape index (κ2) is 13.0. The van der Waals surface area contributed by atoms with Crippen LogP contribution in [0.3, 0.4) is 0 Å². The van der Waals surface area contributed by atoms with Gasteiger partial charge >= 0.3 is 0 Å². The van der Waals surface area contributed by atoms with Gasteiger partial charge in [-0.1, -0.05) is 5.21 Å². The molecule has 1 aromatic heterocycles. The zero-order chi connectivity index (χ0) is 27.0. The van der Waals surface area contributed by atoms with E-state index in [4.69, 9.17) is 22.1 Å². The maximum atomic E-state index is 11.4. The van der Waals surface area contributed by atoms with Gasteiger partial charge < -0.3 is 20.7 Å². The molecule has 4 aromatic rings. The Morgan fingerprint density at radius 1 is 0.947 bits per heavy atom. The van der Waals surface area contributed by atoms with Crippen molar-refractivity contribution >= 4 is 67.0 Å². The molecule has 0 fully saturated rings. The van der Waals surface area contributed by atoms with Gasteiger partial charge in [-0.3, -0.25) is 4.68 Å². The van der Waals surface area contributed by atoms with E-state index in [2.05, 4.69) is 61.0 Å². The lowest BCUT2D eigenvalue weighted by molar-refractivity contribution is 0.298. The number of sulfonamides is 1. The molecule has 0 saturated heterocycles. The third-order valence-electron chi connectivity index (χ3n) is 5.26. The first-order valence-electron chi connectivity index (χ1n) is 11.6. The Hall–Kier alpha value is -3.27. The number of benzene rings is 3. The number of hydrogen-bond donors (Lipinski definition) is 4. The Bertz CT molecular complexity index is 1460. The number of ether oxygens (including phenoxy) is 1. The van der Waals surface area contributed by atoms with Gasteiger partial charge in [0.05, 0.1) is 24.2 Å². The Labute approximate surface area is 240 Å². The first kappa shape index (κ1) is 27.8. The molecule has 0 aliphatic carbocycles. The van der Waals surface area contributed by atoms with E-state index < -0.39 is 10.0 Å². The van der Waals surface area contributed by atoms with Crippen LogP contribution in [0.1, 0.15) is 12.1 Å². The molecule has 0 aliphatic heterocycles. The van der Waals surface area contributed by atoms with Gasteiger partial charge in [0.2, 0.25) is 10.0 Å². The molecular weight excluding hydrogens is 637 g/mol. The molecule has 0 amide bonds. The number of nitrogens with one attached hydrogen (secondary N) is 3. The van der Waals surface area contributed by atoms with Crippen molar-refractivity contribution in [3.05, 3.63) is 88.3 Å². The summed E-state index contributed by atoms with van der Waals surface area (Å²) in [5.74, 6) is 0.744. The van der Waals surface area contributed by atoms with Gasteiger partial charge in [-0.2, -0.15) is 0 Å². The highest BCUT2D eigenvalue weighted by Crippen LogP contribution is 2.18. The molecule has 38 heavy (non-hydrogen) atoms. The monoisotopic (exact) mass is 663 g/mol. The second-order valence-corrected chi connectivity index (χ2v) is 11.4. The minimum atomic E-state index is -3.73. The zero-order valence-corrected chi connectivity index (χ0v) is 24.0. The van der Waals surface area contributed by atoms with Crippen LogP contribution in [0, 0.1) is 3.57 Å². The van der Waals surface area contributed by atoms with Crippen molar-refractivity contribution < 1.29 is 13.2 Å². The van der Waals surface area contributed by atoms with Gasteiger partial charge in [0, 0.05) is 33.6 Å². The topological polar surface area (TPSA) is 136 Å². The zero-order valence-electron chi connectivity index (χ0n) is 20.2. The molecule has 0 aliphatic rings. The highest BCUT2D eigenvalue weighted by molar-refractivity contribution is 14.1. The Morgan fingerprint density at radius 2 is 1.55 bits per heavy atom. The van der Waals surface area contributed by atoms with E-state index in [0.29, 0.717) is 30.5 Å². The average molecular weight is 664 g/mol. The number of aromatic nitrogens is 3. The van der Waals surface area contributed by atoms with Crippen LogP contribution < -0.4 is 25.8 Å². The minimum Gasteiger partial charge on any atom is -0.494 e. The van der Waals surface area contributed by atoms with Crippen LogP contribution >= 0.6 is 34.8 Å². The average Bonchev–Trinajstić information content (AvgIpc) is 3.35. The summed E-state index contributed by atoms with van der Waals surface area (Å²) < 4.78 is 31.6. The number of hydrogen-bond acceptors (Lipinski definition) is 7. The Morgan fingerprint density at radius 3 is 2.18 bits per heavy atom. The van der Waals surface area contributed by atoms with Gasteiger partial charge in [0.1, 0.15) is 11.4 Å². The summed E-state index contributed by atoms with van der Waals surface area (Å²) in [5, 5.41) is 23.3. The van der Waals surface area contributed by atoms with Crippen molar-refractivity contribution in [2.75, 3.05) is 22.6 Å². The van der Waals surface area contributed by atoms with E-state index in [1.54, 1.807) is 12.1 Å². The fourth-order valence-electron chi connectivity index (χ4n) is 3.36. The standard InChI is InChI=1S/C25H26IN7O3S2/c26-18-2-4-19(5-3-18)28-16-22-17-33(32-31-22)14-1-15-36-23-10-6-20(7-11-23)29-25(37)30-21-8-12-24(13-9-21)38(27,34)35/h2-13,17,28H,1,14-16H2,(H2,27,34,35)(H2,29,30,37). The molecule has 1 heterocycles. The van der Waals surface area contributed by atoms with Crippen LogP contribution in [0.4, 0.5) is 17.1 Å². The molecule has 10 nitrogen and oxygen atoms in total. The van der Waals surface area contributed by atoms with Gasteiger partial charge in [-0.15, -0.1) is 5.10 Å². The van der Waals surface area contributed by atoms with E-state index >= 15 is 0 Å². The number of halogens is 1. The summed E-state index contributed by atoms with van der Waals surface area (Å²) in [6.45, 7) is 1.85. The van der Waals surface area contributed by atoms with Crippen LogP contribution in [-0.2, 0) is 23.1 Å². The SMILES string of the molecule is NS(=O)(=O)c1ccc(NC(=S)Nc2ccc(OCCCn3cc(CNc4ccc(I)cc4)nn3)cc2)cc1. The van der Waals surface area contributed by atoms with Gasteiger partial charge in [0.25, 0.3) is 0 Å². The van der Waals surface area contributed by atoms with Crippen LogP contribution in [0.15, 0.2) is 83.9 Å². The number of aryl methyl sites for hydroxylation is 1. The van der Waals surface area contributed by atoms with E-state index in [1.165, 1.54) is 15.7 Å². The molecule has 0 radical (unpaired) electrons. The van der Waals surface area contributed by atoms with Crippen molar-refractivity contribution in [1.29, 1.82) is 0 Å². The number of nitrogens with two attached hydrogens (primary N) is 1. The van der Waals surface area contributed by atoms with Gasteiger partial charge in [0.15, 0.2) is 5.11 Å². The van der Waals surface area contributed by atoms with Crippen LogP contribution in [0.2, 0.25) is 0 Å². The van der Waals surface area contributed by atoms with Crippen LogP contribution in [0.5, 0.6) is 5.75 Å². The smallest absolute Gasteiger partial charge is 0.238 e. The first-order valence-corrected chi connectivity index (χ1v) is 14.6. The van der Waals surface area contributed by atoms with E-state index in [-0.39, 0.29) is 4.90 Å². The predicted octanol–water partition coefficient (Wildman–Crippen LogP) is 4.42. The van der Waals surface area contributed by atoms with E-state index in [9.17, 15) is 8.42 Å². The predicted molar refractivity (Wildman–Crippen MR) is 161 cm³/mol. The highest BCUT2D eigenvalue weighted by Gasteiger charge is 2.07. The van der Waals surface area contributed by atoms with E-state index in [1.807, 2.05) is 47.3 Å². The van der Waals surface area contributed by atoms with Crippen LogP contribution in [-0.4, -0.2) is 35.1 Å². The number of anilines is 3. The molecule has 0 saturated carbocycles. The summed E-state index contributed by atoms with van der Waals surface area (Å²) >= 11 is 7.60. The van der Waals surface area contributed by atoms with Crippen molar-refractivity contribution in [2.24, 2.45) is 5.14 Å². The fraction of sp³-hybridized carbons (Fsp3) is 0.160. The van der Waals surface area contributed by atoms with Crippen molar-refractivity contribution in [1.82, 2.24) is 15.0 Å². The number of primary sulfonamides is 1. The molecule has 5 N–H and O–H groups in total. The van der Waals surface area contributed by atoms with Gasteiger partial charge in [-0.05, 0) is 108 Å². The normalized spacial score (nSPS) is 11.1. The van der Waals surface area contributed by atoms with E-state index in [0.717, 1.165) is 29.2 Å². The molecule has 0 bridgehead atoms.